The second kappa shape index (κ2) is 10.9. The van der Waals surface area contributed by atoms with E-state index in [4.69, 9.17) is 23.2 Å². The second-order valence-electron chi connectivity index (χ2n) is 9.86. The molecule has 3 heterocycles. The lowest BCUT2D eigenvalue weighted by atomic mass is 10.0. The van der Waals surface area contributed by atoms with Crippen LogP contribution in [0.3, 0.4) is 0 Å². The number of hydrogen-bond acceptors (Lipinski definition) is 5. The average Bonchev–Trinajstić information content (AvgIpc) is 3.36. The van der Waals surface area contributed by atoms with Gasteiger partial charge in [-0.25, -0.2) is 0 Å². The summed E-state index contributed by atoms with van der Waals surface area (Å²) < 4.78 is 2.10. The summed E-state index contributed by atoms with van der Waals surface area (Å²) in [6, 6.07) is 21.7. The van der Waals surface area contributed by atoms with E-state index >= 15 is 0 Å². The molecular weight excluding hydrogens is 519 g/mol. The summed E-state index contributed by atoms with van der Waals surface area (Å²) in [5.41, 5.74) is 5.20. The number of rotatable bonds is 6. The van der Waals surface area contributed by atoms with E-state index in [2.05, 4.69) is 48.1 Å². The first-order valence-electron chi connectivity index (χ1n) is 12.8. The van der Waals surface area contributed by atoms with Gasteiger partial charge in [-0.3, -0.25) is 19.2 Å². The van der Waals surface area contributed by atoms with Crippen molar-refractivity contribution in [3.8, 4) is 17.1 Å². The summed E-state index contributed by atoms with van der Waals surface area (Å²) in [6.07, 6.45) is 1.64. The maximum atomic E-state index is 12.9. The normalized spacial score (nSPS) is 15.6. The van der Waals surface area contributed by atoms with Crippen LogP contribution < -0.4 is 5.32 Å². The summed E-state index contributed by atoms with van der Waals surface area (Å²) in [4.78, 5) is 17.5. The lowest BCUT2D eigenvalue weighted by molar-refractivity contribution is -0.117. The smallest absolute Gasteiger partial charge is 0.238 e. The van der Waals surface area contributed by atoms with Gasteiger partial charge < -0.3 is 5.32 Å². The maximum absolute atomic E-state index is 12.9. The Morgan fingerprint density at radius 3 is 2.42 bits per heavy atom. The first-order chi connectivity index (χ1) is 18.5. The van der Waals surface area contributed by atoms with Gasteiger partial charge in [0.2, 0.25) is 5.91 Å². The molecule has 0 spiro atoms. The van der Waals surface area contributed by atoms with Crippen molar-refractivity contribution >= 4 is 34.8 Å². The van der Waals surface area contributed by atoms with Crippen molar-refractivity contribution in [3.63, 3.8) is 0 Å². The number of aromatic nitrogens is 3. The molecule has 194 valence electrons. The molecule has 0 bridgehead atoms. The van der Waals surface area contributed by atoms with Crippen LogP contribution in [0.1, 0.15) is 17.0 Å². The molecule has 2 aliphatic heterocycles. The standard InChI is InChI=1S/C29H28Cl2N6O/c30-23-7-4-20(5-8-23)18-35-12-14-36(15-13-35)19-28(38)32-25-9-10-26-21(17-25)6-11-27-33-34-29(37(26)27)22-2-1-3-24(31)16-22/h1-5,7-10,16-17H,6,11-15,18-19H2,(H,32,38). The third kappa shape index (κ3) is 5.47. The minimum Gasteiger partial charge on any atom is -0.325 e. The summed E-state index contributed by atoms with van der Waals surface area (Å²) in [7, 11) is 0. The highest BCUT2D eigenvalue weighted by Gasteiger charge is 2.23. The Balaban J connectivity index is 1.07. The number of aryl methyl sites for hydroxylation is 2. The zero-order chi connectivity index (χ0) is 26.1. The van der Waals surface area contributed by atoms with E-state index in [9.17, 15) is 4.79 Å². The molecule has 1 aromatic heterocycles. The van der Waals surface area contributed by atoms with E-state index in [0.29, 0.717) is 11.6 Å². The highest BCUT2D eigenvalue weighted by Crippen LogP contribution is 2.32. The number of amides is 1. The van der Waals surface area contributed by atoms with Crippen molar-refractivity contribution in [3.05, 3.63) is 93.7 Å². The molecule has 0 aliphatic carbocycles. The third-order valence-corrected chi connectivity index (χ3v) is 7.67. The van der Waals surface area contributed by atoms with E-state index < -0.39 is 0 Å². The van der Waals surface area contributed by atoms with Crippen molar-refractivity contribution in [2.75, 3.05) is 38.0 Å². The number of nitrogens with one attached hydrogen (secondary N) is 1. The lowest BCUT2D eigenvalue weighted by Gasteiger charge is -2.34. The van der Waals surface area contributed by atoms with Crippen LogP contribution in [0.4, 0.5) is 5.69 Å². The van der Waals surface area contributed by atoms with Gasteiger partial charge in [0.1, 0.15) is 5.82 Å². The fraction of sp³-hybridized carbons (Fsp3) is 0.276. The number of piperazine rings is 1. The van der Waals surface area contributed by atoms with Gasteiger partial charge >= 0.3 is 0 Å². The van der Waals surface area contributed by atoms with Gasteiger partial charge in [-0.1, -0.05) is 47.5 Å². The molecule has 0 radical (unpaired) electrons. The lowest BCUT2D eigenvalue weighted by Crippen LogP contribution is -2.48. The Labute approximate surface area is 232 Å². The number of carbonyl (C=O) groups excluding carboxylic acids is 1. The van der Waals surface area contributed by atoms with Gasteiger partial charge in [0.05, 0.1) is 12.2 Å². The predicted octanol–water partition coefficient (Wildman–Crippen LogP) is 5.10. The van der Waals surface area contributed by atoms with Gasteiger partial charge in [-0.2, -0.15) is 0 Å². The zero-order valence-electron chi connectivity index (χ0n) is 20.9. The monoisotopic (exact) mass is 546 g/mol. The van der Waals surface area contributed by atoms with E-state index in [1.54, 1.807) is 0 Å². The summed E-state index contributed by atoms with van der Waals surface area (Å²) in [5.74, 6) is 1.71. The van der Waals surface area contributed by atoms with Gasteiger partial charge in [0, 0.05) is 60.4 Å². The highest BCUT2D eigenvalue weighted by molar-refractivity contribution is 6.31. The number of fused-ring (bicyclic) bond motifs is 3. The Hall–Kier alpha value is -3.23. The van der Waals surface area contributed by atoms with Gasteiger partial charge in [0.15, 0.2) is 5.82 Å². The number of nitrogens with zero attached hydrogens (tertiary/aromatic N) is 5. The van der Waals surface area contributed by atoms with Crippen molar-refractivity contribution in [1.82, 2.24) is 24.6 Å². The van der Waals surface area contributed by atoms with Crippen LogP contribution in [-0.2, 0) is 24.2 Å². The Morgan fingerprint density at radius 2 is 1.63 bits per heavy atom. The molecule has 3 aromatic carbocycles. The molecule has 1 amide bonds. The second-order valence-corrected chi connectivity index (χ2v) is 10.7. The molecule has 0 atom stereocenters. The summed E-state index contributed by atoms with van der Waals surface area (Å²) >= 11 is 12.2. The molecule has 4 aromatic rings. The topological polar surface area (TPSA) is 66.3 Å². The molecule has 7 nitrogen and oxygen atoms in total. The zero-order valence-corrected chi connectivity index (χ0v) is 22.4. The maximum Gasteiger partial charge on any atom is 0.238 e. The van der Waals surface area contributed by atoms with E-state index in [-0.39, 0.29) is 5.91 Å². The Kier molecular flexibility index (Phi) is 7.17. The average molecular weight is 547 g/mol. The summed E-state index contributed by atoms with van der Waals surface area (Å²) in [5, 5.41) is 13.4. The molecular formula is C29H28Cl2N6O. The SMILES string of the molecule is O=C(CN1CCN(Cc2ccc(Cl)cc2)CC1)Nc1ccc2c(c1)CCc1nnc(-c3cccc(Cl)c3)n1-2. The van der Waals surface area contributed by atoms with Crippen LogP contribution in [0.2, 0.25) is 10.0 Å². The van der Waals surface area contributed by atoms with Crippen LogP contribution in [0.15, 0.2) is 66.7 Å². The molecule has 9 heteroatoms. The highest BCUT2D eigenvalue weighted by atomic mass is 35.5. The molecule has 6 rings (SSSR count). The number of hydrogen-bond donors (Lipinski definition) is 1. The number of anilines is 1. The number of halogens is 2. The first-order valence-corrected chi connectivity index (χ1v) is 13.6. The first kappa shape index (κ1) is 25.1. The molecule has 2 aliphatic rings. The van der Waals surface area contributed by atoms with Crippen LogP contribution in [-0.4, -0.2) is 63.2 Å². The van der Waals surface area contributed by atoms with Crippen LogP contribution in [0.25, 0.3) is 17.1 Å². The quantitative estimate of drug-likeness (QED) is 0.364. The Morgan fingerprint density at radius 1 is 0.842 bits per heavy atom. The predicted molar refractivity (Wildman–Crippen MR) is 151 cm³/mol. The summed E-state index contributed by atoms with van der Waals surface area (Å²) in [6.45, 7) is 4.90. The van der Waals surface area contributed by atoms with E-state index in [1.165, 1.54) is 5.56 Å². The van der Waals surface area contributed by atoms with Gasteiger partial charge in [-0.05, 0) is 60.0 Å². The third-order valence-electron chi connectivity index (χ3n) is 7.19. The van der Waals surface area contributed by atoms with Crippen molar-refractivity contribution < 1.29 is 4.79 Å². The van der Waals surface area contributed by atoms with Crippen LogP contribution in [0, 0.1) is 0 Å². The molecule has 0 unspecified atom stereocenters. The fourth-order valence-corrected chi connectivity index (χ4v) is 5.55. The molecule has 1 fully saturated rings. The fourth-order valence-electron chi connectivity index (χ4n) is 5.23. The van der Waals surface area contributed by atoms with Crippen molar-refractivity contribution in [2.24, 2.45) is 0 Å². The Bertz CT molecular complexity index is 1460. The van der Waals surface area contributed by atoms with Crippen molar-refractivity contribution in [2.45, 2.75) is 19.4 Å². The number of benzene rings is 3. The van der Waals surface area contributed by atoms with E-state index in [1.807, 2.05) is 48.5 Å². The van der Waals surface area contributed by atoms with Crippen LogP contribution >= 0.6 is 23.2 Å². The minimum absolute atomic E-state index is 0.0107. The molecule has 1 N–H and O–H groups in total. The van der Waals surface area contributed by atoms with Crippen molar-refractivity contribution in [1.29, 1.82) is 0 Å². The molecule has 1 saturated heterocycles. The van der Waals surface area contributed by atoms with Crippen LogP contribution in [0.5, 0.6) is 0 Å². The van der Waals surface area contributed by atoms with E-state index in [0.717, 1.165) is 84.7 Å². The van der Waals surface area contributed by atoms with Gasteiger partial charge in [-0.15, -0.1) is 10.2 Å². The minimum atomic E-state index is 0.0107. The number of carbonyl (C=O) groups is 1. The molecule has 0 saturated carbocycles. The largest absolute Gasteiger partial charge is 0.325 e. The molecule has 38 heavy (non-hydrogen) atoms. The van der Waals surface area contributed by atoms with Gasteiger partial charge in [0.25, 0.3) is 0 Å².